The van der Waals surface area contributed by atoms with Crippen LogP contribution in [0.4, 0.5) is 10.1 Å². The molecule has 0 saturated carbocycles. The van der Waals surface area contributed by atoms with Gasteiger partial charge in [-0.05, 0) is 48.2 Å². The topological polar surface area (TPSA) is 32.3 Å². The minimum Gasteiger partial charge on any atom is -0.312 e. The van der Waals surface area contributed by atoms with Crippen molar-refractivity contribution < 1.29 is 9.18 Å². The molecule has 1 amide bonds. The second kappa shape index (κ2) is 6.92. The number of anilines is 1. The third kappa shape index (κ3) is 3.77. The van der Waals surface area contributed by atoms with Crippen LogP contribution in [-0.2, 0) is 17.9 Å². The molecule has 0 aliphatic carbocycles. The highest BCUT2D eigenvalue weighted by Crippen LogP contribution is 2.21. The molecule has 0 unspecified atom stereocenters. The standard InChI is InChI=1S/C19H21FN2O/c1-14-4-5-16(11-18(14)20)13-21-12-15-6-8-17(9-7-15)22-10-2-3-19(22)23/h4-9,11,21H,2-3,10,12-13H2,1H3. The minimum absolute atomic E-state index is 0.163. The zero-order chi connectivity index (χ0) is 16.2. The SMILES string of the molecule is Cc1ccc(CNCc2ccc(N3CCCC3=O)cc2)cc1F. The van der Waals surface area contributed by atoms with Gasteiger partial charge in [0, 0.05) is 31.7 Å². The molecule has 1 N–H and O–H groups in total. The maximum absolute atomic E-state index is 13.5. The summed E-state index contributed by atoms with van der Waals surface area (Å²) in [6.07, 6.45) is 1.59. The van der Waals surface area contributed by atoms with E-state index in [9.17, 15) is 9.18 Å². The molecular formula is C19H21FN2O. The van der Waals surface area contributed by atoms with E-state index >= 15 is 0 Å². The molecule has 1 aliphatic heterocycles. The van der Waals surface area contributed by atoms with Crippen LogP contribution in [0.5, 0.6) is 0 Å². The lowest BCUT2D eigenvalue weighted by Gasteiger charge is -2.16. The van der Waals surface area contributed by atoms with Gasteiger partial charge in [0.2, 0.25) is 5.91 Å². The molecule has 3 nitrogen and oxygen atoms in total. The number of rotatable bonds is 5. The molecule has 1 fully saturated rings. The molecule has 0 atom stereocenters. The van der Waals surface area contributed by atoms with E-state index < -0.39 is 0 Å². The summed E-state index contributed by atoms with van der Waals surface area (Å²) in [4.78, 5) is 13.6. The van der Waals surface area contributed by atoms with Crippen LogP contribution in [0.2, 0.25) is 0 Å². The smallest absolute Gasteiger partial charge is 0.227 e. The second-order valence-corrected chi connectivity index (χ2v) is 6.00. The van der Waals surface area contributed by atoms with Crippen molar-refractivity contribution in [2.24, 2.45) is 0 Å². The highest BCUT2D eigenvalue weighted by molar-refractivity contribution is 5.95. The van der Waals surface area contributed by atoms with E-state index in [4.69, 9.17) is 0 Å². The van der Waals surface area contributed by atoms with Crippen LogP contribution in [-0.4, -0.2) is 12.5 Å². The van der Waals surface area contributed by atoms with Crippen LogP contribution in [0.25, 0.3) is 0 Å². The molecule has 23 heavy (non-hydrogen) atoms. The Labute approximate surface area is 136 Å². The van der Waals surface area contributed by atoms with Gasteiger partial charge < -0.3 is 10.2 Å². The third-order valence-corrected chi connectivity index (χ3v) is 4.22. The summed E-state index contributed by atoms with van der Waals surface area (Å²) < 4.78 is 13.5. The zero-order valence-corrected chi connectivity index (χ0v) is 13.3. The summed E-state index contributed by atoms with van der Waals surface area (Å²) in [5.41, 5.74) is 3.72. The maximum Gasteiger partial charge on any atom is 0.227 e. The lowest BCUT2D eigenvalue weighted by atomic mass is 10.1. The summed E-state index contributed by atoms with van der Waals surface area (Å²) in [5.74, 6) is 0.0428. The van der Waals surface area contributed by atoms with Crippen LogP contribution < -0.4 is 10.2 Å². The predicted octanol–water partition coefficient (Wildman–Crippen LogP) is 3.55. The first kappa shape index (κ1) is 15.7. The third-order valence-electron chi connectivity index (χ3n) is 4.22. The van der Waals surface area contributed by atoms with Crippen molar-refractivity contribution in [1.29, 1.82) is 0 Å². The Kier molecular flexibility index (Phi) is 4.72. The molecule has 120 valence electrons. The Balaban J connectivity index is 1.54. The quantitative estimate of drug-likeness (QED) is 0.915. The molecule has 1 aliphatic rings. The molecule has 1 saturated heterocycles. The summed E-state index contributed by atoms with van der Waals surface area (Å²) in [6.45, 7) is 3.92. The van der Waals surface area contributed by atoms with E-state index in [1.54, 1.807) is 19.1 Å². The van der Waals surface area contributed by atoms with Crippen molar-refractivity contribution >= 4 is 11.6 Å². The number of aryl methyl sites for hydroxylation is 1. The van der Waals surface area contributed by atoms with Crippen molar-refractivity contribution in [2.45, 2.75) is 32.9 Å². The van der Waals surface area contributed by atoms with Crippen LogP contribution in [0, 0.1) is 12.7 Å². The summed E-state index contributed by atoms with van der Waals surface area (Å²) in [6, 6.07) is 13.4. The molecule has 0 spiro atoms. The number of benzene rings is 2. The Morgan fingerprint density at radius 3 is 2.43 bits per heavy atom. The van der Waals surface area contributed by atoms with Crippen molar-refractivity contribution in [3.05, 3.63) is 65.0 Å². The summed E-state index contributed by atoms with van der Waals surface area (Å²) in [7, 11) is 0. The minimum atomic E-state index is -0.163. The van der Waals surface area contributed by atoms with Gasteiger partial charge in [0.05, 0.1) is 0 Å². The van der Waals surface area contributed by atoms with Crippen molar-refractivity contribution in [3.8, 4) is 0 Å². The van der Waals surface area contributed by atoms with E-state index in [0.29, 0.717) is 25.1 Å². The van der Waals surface area contributed by atoms with E-state index in [1.807, 2.05) is 35.2 Å². The Morgan fingerprint density at radius 1 is 1.09 bits per heavy atom. The number of hydrogen-bond donors (Lipinski definition) is 1. The summed E-state index contributed by atoms with van der Waals surface area (Å²) in [5, 5.41) is 3.32. The number of carbonyl (C=O) groups is 1. The van der Waals surface area contributed by atoms with Crippen molar-refractivity contribution in [2.75, 3.05) is 11.4 Å². The van der Waals surface area contributed by atoms with Crippen molar-refractivity contribution in [1.82, 2.24) is 5.32 Å². The molecule has 0 radical (unpaired) electrons. The van der Waals surface area contributed by atoms with Crippen LogP contribution in [0.1, 0.15) is 29.5 Å². The molecule has 4 heteroatoms. The predicted molar refractivity (Wildman–Crippen MR) is 89.7 cm³/mol. The highest BCUT2D eigenvalue weighted by atomic mass is 19.1. The number of hydrogen-bond acceptors (Lipinski definition) is 2. The van der Waals surface area contributed by atoms with Crippen LogP contribution >= 0.6 is 0 Å². The largest absolute Gasteiger partial charge is 0.312 e. The lowest BCUT2D eigenvalue weighted by molar-refractivity contribution is -0.117. The van der Waals surface area contributed by atoms with Gasteiger partial charge >= 0.3 is 0 Å². The molecule has 1 heterocycles. The van der Waals surface area contributed by atoms with Crippen molar-refractivity contribution in [3.63, 3.8) is 0 Å². The van der Waals surface area contributed by atoms with E-state index in [2.05, 4.69) is 5.32 Å². The van der Waals surface area contributed by atoms with E-state index in [0.717, 1.165) is 29.8 Å². The van der Waals surface area contributed by atoms with Gasteiger partial charge in [0.1, 0.15) is 5.82 Å². The van der Waals surface area contributed by atoms with Gasteiger partial charge in [-0.3, -0.25) is 4.79 Å². The Bertz CT molecular complexity index is 697. The molecular weight excluding hydrogens is 291 g/mol. The molecule has 0 bridgehead atoms. The Hall–Kier alpha value is -2.20. The fourth-order valence-electron chi connectivity index (χ4n) is 2.81. The van der Waals surface area contributed by atoms with Crippen LogP contribution in [0.15, 0.2) is 42.5 Å². The van der Waals surface area contributed by atoms with Gasteiger partial charge in [0.25, 0.3) is 0 Å². The molecule has 3 rings (SSSR count). The fraction of sp³-hybridized carbons (Fsp3) is 0.316. The normalized spacial score (nSPS) is 14.5. The molecule has 0 aromatic heterocycles. The summed E-state index contributed by atoms with van der Waals surface area (Å²) >= 11 is 0. The molecule has 2 aromatic rings. The first-order valence-corrected chi connectivity index (χ1v) is 7.98. The number of halogens is 1. The Morgan fingerprint density at radius 2 is 1.78 bits per heavy atom. The van der Waals surface area contributed by atoms with Gasteiger partial charge in [-0.15, -0.1) is 0 Å². The number of nitrogens with zero attached hydrogens (tertiary/aromatic N) is 1. The highest BCUT2D eigenvalue weighted by Gasteiger charge is 2.21. The van der Waals surface area contributed by atoms with E-state index in [1.165, 1.54) is 0 Å². The maximum atomic E-state index is 13.5. The van der Waals surface area contributed by atoms with Gasteiger partial charge in [-0.25, -0.2) is 4.39 Å². The van der Waals surface area contributed by atoms with Gasteiger partial charge in [-0.1, -0.05) is 24.3 Å². The average Bonchev–Trinajstić information content (AvgIpc) is 2.98. The van der Waals surface area contributed by atoms with Gasteiger partial charge in [-0.2, -0.15) is 0 Å². The number of amides is 1. The monoisotopic (exact) mass is 312 g/mol. The van der Waals surface area contributed by atoms with Gasteiger partial charge in [0.15, 0.2) is 0 Å². The average molecular weight is 312 g/mol. The first-order valence-electron chi connectivity index (χ1n) is 7.98. The second-order valence-electron chi connectivity index (χ2n) is 6.00. The van der Waals surface area contributed by atoms with E-state index in [-0.39, 0.29) is 11.7 Å². The zero-order valence-electron chi connectivity index (χ0n) is 13.3. The lowest BCUT2D eigenvalue weighted by Crippen LogP contribution is -2.23. The van der Waals surface area contributed by atoms with Crippen LogP contribution in [0.3, 0.4) is 0 Å². The molecule has 2 aromatic carbocycles. The first-order chi connectivity index (χ1) is 11.1. The number of carbonyl (C=O) groups excluding carboxylic acids is 1. The fourth-order valence-corrected chi connectivity index (χ4v) is 2.81. The number of nitrogens with one attached hydrogen (secondary N) is 1.